The smallest absolute Gasteiger partial charge is 0.130 e. The summed E-state index contributed by atoms with van der Waals surface area (Å²) in [7, 11) is 1.77. The Bertz CT molecular complexity index is 279. The molecule has 1 aromatic heterocycles. The summed E-state index contributed by atoms with van der Waals surface area (Å²) < 4.78 is 1.58. The van der Waals surface area contributed by atoms with Crippen LogP contribution >= 0.6 is 0 Å². The first kappa shape index (κ1) is 8.58. The van der Waals surface area contributed by atoms with E-state index in [2.05, 4.69) is 10.3 Å². The highest BCUT2D eigenvalue weighted by Gasteiger charge is 2.00. The predicted octanol–water partition coefficient (Wildman–Crippen LogP) is 0.373. The maximum Gasteiger partial charge on any atom is 0.130 e. The van der Waals surface area contributed by atoms with E-state index in [1.165, 1.54) is 0 Å². The summed E-state index contributed by atoms with van der Waals surface area (Å²) in [6.07, 6.45) is 3.18. The molecular formula is C7H12N4O. The third-order valence-electron chi connectivity index (χ3n) is 1.41. The summed E-state index contributed by atoms with van der Waals surface area (Å²) in [6.45, 7) is 2.42. The molecule has 12 heavy (non-hydrogen) atoms. The van der Waals surface area contributed by atoms with Crippen LogP contribution in [0.25, 0.3) is 0 Å². The highest BCUT2D eigenvalue weighted by atomic mass is 16.6. The minimum absolute atomic E-state index is 0.552. The van der Waals surface area contributed by atoms with Crippen molar-refractivity contribution < 1.29 is 4.84 Å². The van der Waals surface area contributed by atoms with Crippen LogP contribution in [0.3, 0.4) is 0 Å². The molecule has 5 heteroatoms. The number of oxime groups is 1. The molecule has 0 saturated carbocycles. The normalized spacial score (nSPS) is 10.8. The summed E-state index contributed by atoms with van der Waals surface area (Å²) in [4.78, 5) is 4.78. The van der Waals surface area contributed by atoms with Crippen LogP contribution < -0.4 is 5.73 Å². The minimum atomic E-state index is 0.552. The number of nitrogens with two attached hydrogens (primary N) is 1. The van der Waals surface area contributed by atoms with E-state index in [4.69, 9.17) is 10.6 Å². The van der Waals surface area contributed by atoms with Crippen LogP contribution in [0.2, 0.25) is 0 Å². The van der Waals surface area contributed by atoms with Gasteiger partial charge >= 0.3 is 0 Å². The maximum atomic E-state index is 5.64. The average molecular weight is 168 g/mol. The molecule has 1 heterocycles. The molecule has 0 spiro atoms. The lowest BCUT2D eigenvalue weighted by Gasteiger charge is -1.93. The average Bonchev–Trinajstić information content (AvgIpc) is 2.36. The van der Waals surface area contributed by atoms with Gasteiger partial charge in [0.1, 0.15) is 12.4 Å². The van der Waals surface area contributed by atoms with Gasteiger partial charge in [0.15, 0.2) is 0 Å². The highest BCUT2D eigenvalue weighted by molar-refractivity contribution is 5.84. The third kappa shape index (κ3) is 1.75. The number of aromatic nitrogens is 2. The molecule has 0 fully saturated rings. The number of anilines is 1. The number of rotatable bonds is 3. The molecule has 0 saturated heterocycles. The van der Waals surface area contributed by atoms with Crippen molar-refractivity contribution in [1.82, 2.24) is 9.78 Å². The fourth-order valence-electron chi connectivity index (χ4n) is 0.732. The van der Waals surface area contributed by atoms with Gasteiger partial charge in [0.2, 0.25) is 0 Å². The van der Waals surface area contributed by atoms with E-state index in [9.17, 15) is 0 Å². The first-order chi connectivity index (χ1) is 5.75. The molecule has 5 nitrogen and oxygen atoms in total. The van der Waals surface area contributed by atoms with E-state index in [1.807, 2.05) is 6.92 Å². The topological polar surface area (TPSA) is 65.4 Å². The maximum absolute atomic E-state index is 5.64. The van der Waals surface area contributed by atoms with Crippen LogP contribution in [-0.4, -0.2) is 22.6 Å². The minimum Gasteiger partial charge on any atom is -0.396 e. The molecule has 66 valence electrons. The molecule has 0 amide bonds. The molecule has 1 aromatic rings. The third-order valence-corrected chi connectivity index (χ3v) is 1.41. The standard InChI is InChI=1S/C7H12N4O/c1-3-12-10-5-6-4-9-11(2)7(6)8/h4-5H,3,8H2,1-2H3/b10-5+. The number of aryl methyl sites for hydroxylation is 1. The lowest BCUT2D eigenvalue weighted by Crippen LogP contribution is -1.99. The van der Waals surface area contributed by atoms with Crippen LogP contribution in [0, 0.1) is 0 Å². The molecule has 0 unspecified atom stereocenters. The van der Waals surface area contributed by atoms with Crippen molar-refractivity contribution in [3.8, 4) is 0 Å². The second-order valence-electron chi connectivity index (χ2n) is 2.26. The van der Waals surface area contributed by atoms with E-state index >= 15 is 0 Å². The molecule has 0 radical (unpaired) electrons. The van der Waals surface area contributed by atoms with Gasteiger partial charge in [-0.2, -0.15) is 5.10 Å². The predicted molar refractivity (Wildman–Crippen MR) is 46.8 cm³/mol. The van der Waals surface area contributed by atoms with Crippen LogP contribution in [0.4, 0.5) is 5.82 Å². The van der Waals surface area contributed by atoms with Crippen molar-refractivity contribution in [3.63, 3.8) is 0 Å². The summed E-state index contributed by atoms with van der Waals surface area (Å²) in [5, 5.41) is 7.62. The first-order valence-electron chi connectivity index (χ1n) is 3.68. The van der Waals surface area contributed by atoms with Crippen LogP contribution in [-0.2, 0) is 11.9 Å². The van der Waals surface area contributed by atoms with Crippen LogP contribution in [0.15, 0.2) is 11.4 Å². The Morgan fingerprint density at radius 1 is 1.83 bits per heavy atom. The molecule has 0 aliphatic heterocycles. The Balaban J connectivity index is 2.69. The zero-order chi connectivity index (χ0) is 8.97. The Morgan fingerprint density at radius 3 is 3.08 bits per heavy atom. The van der Waals surface area contributed by atoms with Crippen LogP contribution in [0.5, 0.6) is 0 Å². The zero-order valence-electron chi connectivity index (χ0n) is 7.19. The van der Waals surface area contributed by atoms with Gasteiger partial charge in [-0.25, -0.2) is 0 Å². The van der Waals surface area contributed by atoms with Crippen LogP contribution in [0.1, 0.15) is 12.5 Å². The zero-order valence-corrected chi connectivity index (χ0v) is 7.19. The van der Waals surface area contributed by atoms with Gasteiger partial charge in [-0.3, -0.25) is 4.68 Å². The number of hydrogen-bond acceptors (Lipinski definition) is 4. The Labute approximate surface area is 70.8 Å². The molecular weight excluding hydrogens is 156 g/mol. The molecule has 0 aliphatic rings. The molecule has 0 aromatic carbocycles. The van der Waals surface area contributed by atoms with Crippen molar-refractivity contribution in [2.75, 3.05) is 12.3 Å². The van der Waals surface area contributed by atoms with Gasteiger partial charge in [-0.1, -0.05) is 5.16 Å². The van der Waals surface area contributed by atoms with E-state index in [1.54, 1.807) is 24.1 Å². The van der Waals surface area contributed by atoms with Crippen molar-refractivity contribution >= 4 is 12.0 Å². The van der Waals surface area contributed by atoms with E-state index in [-0.39, 0.29) is 0 Å². The lowest BCUT2D eigenvalue weighted by atomic mass is 10.4. The monoisotopic (exact) mass is 168 g/mol. The van der Waals surface area contributed by atoms with E-state index in [0.29, 0.717) is 12.4 Å². The molecule has 0 aliphatic carbocycles. The van der Waals surface area contributed by atoms with Crippen molar-refractivity contribution in [2.24, 2.45) is 12.2 Å². The summed E-state index contributed by atoms with van der Waals surface area (Å²) >= 11 is 0. The Kier molecular flexibility index (Phi) is 2.68. The summed E-state index contributed by atoms with van der Waals surface area (Å²) in [5.41, 5.74) is 6.41. The second-order valence-corrected chi connectivity index (χ2v) is 2.26. The fourth-order valence-corrected chi connectivity index (χ4v) is 0.732. The molecule has 0 atom stereocenters. The van der Waals surface area contributed by atoms with Crippen molar-refractivity contribution in [1.29, 1.82) is 0 Å². The molecule has 0 bridgehead atoms. The number of nitrogen functional groups attached to an aromatic ring is 1. The van der Waals surface area contributed by atoms with Crippen molar-refractivity contribution in [2.45, 2.75) is 6.92 Å². The lowest BCUT2D eigenvalue weighted by molar-refractivity contribution is 0.160. The molecule has 2 N–H and O–H groups in total. The van der Waals surface area contributed by atoms with Gasteiger partial charge in [0, 0.05) is 7.05 Å². The summed E-state index contributed by atoms with van der Waals surface area (Å²) in [5.74, 6) is 0.582. The van der Waals surface area contributed by atoms with Crippen molar-refractivity contribution in [3.05, 3.63) is 11.8 Å². The Morgan fingerprint density at radius 2 is 2.58 bits per heavy atom. The van der Waals surface area contributed by atoms with Gasteiger partial charge in [0.25, 0.3) is 0 Å². The van der Waals surface area contributed by atoms with Gasteiger partial charge in [-0.15, -0.1) is 0 Å². The molecule has 1 rings (SSSR count). The van der Waals surface area contributed by atoms with Gasteiger partial charge in [0.05, 0.1) is 18.0 Å². The number of nitrogens with zero attached hydrogens (tertiary/aromatic N) is 3. The van der Waals surface area contributed by atoms with E-state index < -0.39 is 0 Å². The fraction of sp³-hybridized carbons (Fsp3) is 0.429. The SMILES string of the molecule is CCO/N=C/c1cnn(C)c1N. The quantitative estimate of drug-likeness (QED) is 0.524. The Hall–Kier alpha value is -1.52. The largest absolute Gasteiger partial charge is 0.396 e. The van der Waals surface area contributed by atoms with Gasteiger partial charge in [-0.05, 0) is 6.92 Å². The number of hydrogen-bond donors (Lipinski definition) is 1. The second kappa shape index (κ2) is 3.75. The van der Waals surface area contributed by atoms with Gasteiger partial charge < -0.3 is 10.6 Å². The highest BCUT2D eigenvalue weighted by Crippen LogP contribution is 2.05. The van der Waals surface area contributed by atoms with E-state index in [0.717, 1.165) is 5.56 Å². The summed E-state index contributed by atoms with van der Waals surface area (Å²) in [6, 6.07) is 0. The first-order valence-corrected chi connectivity index (χ1v) is 3.68.